The van der Waals surface area contributed by atoms with Gasteiger partial charge in [-0.15, -0.1) is 0 Å². The molecule has 0 aromatic heterocycles. The largest absolute Gasteiger partial charge is 0.0628 e. The minimum Gasteiger partial charge on any atom is -0.0628 e. The molecule has 0 aliphatic rings. The Bertz CT molecular complexity index is 498. The van der Waals surface area contributed by atoms with Gasteiger partial charge < -0.3 is 0 Å². The Morgan fingerprint density at radius 3 is 0.524 bits per heavy atom. The molecule has 0 spiro atoms. The van der Waals surface area contributed by atoms with Crippen molar-refractivity contribution in [1.82, 2.24) is 0 Å². The van der Waals surface area contributed by atoms with E-state index in [-0.39, 0.29) is 0 Å². The van der Waals surface area contributed by atoms with Crippen LogP contribution in [-0.2, 0) is 0 Å². The summed E-state index contributed by atoms with van der Waals surface area (Å²) in [7, 11) is 0. The highest BCUT2D eigenvalue weighted by atomic mass is 14.2. The summed E-state index contributed by atoms with van der Waals surface area (Å²) in [4.78, 5) is 0. The van der Waals surface area contributed by atoms with Crippen molar-refractivity contribution < 1.29 is 0 Å². The summed E-state index contributed by atoms with van der Waals surface area (Å²) in [5.41, 5.74) is 0. The summed E-state index contributed by atoms with van der Waals surface area (Å²) in [6.45, 7) is 27.0. The average molecular weight is 591 g/mol. The van der Waals surface area contributed by atoms with Gasteiger partial charge in [0.05, 0.1) is 0 Å². The fraction of sp³-hybridized carbons (Fsp3) is 1.00. The molecule has 0 radical (unpaired) electrons. The van der Waals surface area contributed by atoms with Crippen LogP contribution in [0, 0.1) is 53.3 Å². The van der Waals surface area contributed by atoms with E-state index >= 15 is 0 Å². The molecule has 6 unspecified atom stereocenters. The predicted octanol–water partition coefficient (Wildman–Crippen LogP) is 15.3. The third kappa shape index (κ3) is 28.8. The first-order valence-corrected chi connectivity index (χ1v) is 19.9. The molecule has 0 saturated heterocycles. The van der Waals surface area contributed by atoms with Crippen molar-refractivity contribution in [1.29, 1.82) is 0 Å². The minimum atomic E-state index is 0.873. The second-order valence-electron chi connectivity index (χ2n) is 17.3. The third-order valence-corrected chi connectivity index (χ3v) is 10.8. The Hall–Kier alpha value is 0. The molecule has 0 aliphatic heterocycles. The Balaban J connectivity index is 3.74. The van der Waals surface area contributed by atoms with Crippen LogP contribution in [0.25, 0.3) is 0 Å². The molecule has 0 rings (SSSR count). The van der Waals surface area contributed by atoms with Crippen molar-refractivity contribution in [3.05, 3.63) is 0 Å². The van der Waals surface area contributed by atoms with E-state index in [0.29, 0.717) is 0 Å². The van der Waals surface area contributed by atoms with Gasteiger partial charge in [0.25, 0.3) is 0 Å². The lowest BCUT2D eigenvalue weighted by atomic mass is 9.87. The van der Waals surface area contributed by atoms with Crippen LogP contribution in [0.4, 0.5) is 0 Å². The van der Waals surface area contributed by atoms with Crippen LogP contribution in [0.3, 0.4) is 0 Å². The molecular formula is C42H86. The summed E-state index contributed by atoms with van der Waals surface area (Å²) in [5.74, 6) is 8.22. The van der Waals surface area contributed by atoms with Crippen LogP contribution in [0.5, 0.6) is 0 Å². The Kier molecular flexibility index (Phi) is 27.3. The molecule has 0 nitrogen and oxygen atoms in total. The van der Waals surface area contributed by atoms with Crippen molar-refractivity contribution >= 4 is 0 Å². The molecule has 0 fully saturated rings. The third-order valence-electron chi connectivity index (χ3n) is 10.8. The molecule has 0 N–H and O–H groups in total. The van der Waals surface area contributed by atoms with E-state index in [2.05, 4.69) is 76.2 Å². The standard InChI is InChI=1S/C42H86/c1-34(2)18-12-20-36(5)22-14-24-38(7)26-16-28-40(9)30-32-42(11)33-31-41(10)29-17-27-39(8)25-15-23-37(6)21-13-19-35(3)4/h34-42H,12-33H2,1-11H3. The van der Waals surface area contributed by atoms with Crippen molar-refractivity contribution in [3.8, 4) is 0 Å². The lowest BCUT2D eigenvalue weighted by Crippen LogP contribution is -2.05. The van der Waals surface area contributed by atoms with Gasteiger partial charge in [0.2, 0.25) is 0 Å². The van der Waals surface area contributed by atoms with Gasteiger partial charge in [0.15, 0.2) is 0 Å². The first kappa shape index (κ1) is 42.0. The molecule has 42 heavy (non-hydrogen) atoms. The topological polar surface area (TPSA) is 0 Å². The van der Waals surface area contributed by atoms with E-state index in [0.717, 1.165) is 53.3 Å². The van der Waals surface area contributed by atoms with Crippen LogP contribution >= 0.6 is 0 Å². The molecule has 6 atom stereocenters. The summed E-state index contributed by atoms with van der Waals surface area (Å²) in [5, 5.41) is 0. The van der Waals surface area contributed by atoms with Crippen molar-refractivity contribution in [2.24, 2.45) is 53.3 Å². The van der Waals surface area contributed by atoms with E-state index in [1.807, 2.05) is 0 Å². The van der Waals surface area contributed by atoms with E-state index < -0.39 is 0 Å². The average Bonchev–Trinajstić information content (AvgIpc) is 2.90. The zero-order valence-electron chi connectivity index (χ0n) is 31.8. The van der Waals surface area contributed by atoms with Crippen molar-refractivity contribution in [3.63, 3.8) is 0 Å². The molecule has 0 bridgehead atoms. The molecule has 254 valence electrons. The van der Waals surface area contributed by atoms with E-state index in [9.17, 15) is 0 Å². The molecular weight excluding hydrogens is 504 g/mol. The van der Waals surface area contributed by atoms with Gasteiger partial charge in [-0.05, 0) is 53.3 Å². The van der Waals surface area contributed by atoms with Gasteiger partial charge in [-0.25, -0.2) is 0 Å². The maximum Gasteiger partial charge on any atom is -0.0443 e. The maximum absolute atomic E-state index is 2.53. The van der Waals surface area contributed by atoms with E-state index in [1.54, 1.807) is 0 Å². The number of hydrogen-bond acceptors (Lipinski definition) is 0. The zero-order valence-corrected chi connectivity index (χ0v) is 31.8. The highest BCUT2D eigenvalue weighted by molar-refractivity contribution is 4.65. The van der Waals surface area contributed by atoms with Gasteiger partial charge in [-0.3, -0.25) is 0 Å². The fourth-order valence-corrected chi connectivity index (χ4v) is 7.16. The second kappa shape index (κ2) is 27.3. The molecule has 0 heteroatoms. The van der Waals surface area contributed by atoms with Crippen molar-refractivity contribution in [2.45, 2.75) is 217 Å². The summed E-state index contributed by atoms with van der Waals surface area (Å²) in [6, 6.07) is 0. The Morgan fingerprint density at radius 1 is 0.190 bits per heavy atom. The van der Waals surface area contributed by atoms with E-state index in [1.165, 1.54) is 141 Å². The van der Waals surface area contributed by atoms with Crippen LogP contribution in [-0.4, -0.2) is 0 Å². The quantitative estimate of drug-likeness (QED) is 0.0780. The van der Waals surface area contributed by atoms with Crippen LogP contribution < -0.4 is 0 Å². The smallest absolute Gasteiger partial charge is 0.0443 e. The summed E-state index contributed by atoms with van der Waals surface area (Å²) >= 11 is 0. The summed E-state index contributed by atoms with van der Waals surface area (Å²) in [6.07, 6.45) is 31.8. The molecule has 0 aliphatic carbocycles. The molecule has 0 saturated carbocycles. The second-order valence-corrected chi connectivity index (χ2v) is 17.3. The summed E-state index contributed by atoms with van der Waals surface area (Å²) < 4.78 is 0. The van der Waals surface area contributed by atoms with Gasteiger partial charge in [-0.2, -0.15) is 0 Å². The maximum atomic E-state index is 2.53. The van der Waals surface area contributed by atoms with Crippen molar-refractivity contribution in [2.75, 3.05) is 0 Å². The SMILES string of the molecule is CC(C)CCCC(C)CCCC(C)CCCC(C)CCC(C)CCC(C)CCCC(C)CCCC(C)CCCC(C)C. The predicted molar refractivity (Wildman–Crippen MR) is 195 cm³/mol. The monoisotopic (exact) mass is 591 g/mol. The highest BCUT2D eigenvalue weighted by Crippen LogP contribution is 2.27. The molecule has 0 heterocycles. The van der Waals surface area contributed by atoms with Crippen LogP contribution in [0.1, 0.15) is 217 Å². The number of hydrogen-bond donors (Lipinski definition) is 0. The van der Waals surface area contributed by atoms with Gasteiger partial charge in [0.1, 0.15) is 0 Å². The molecule has 0 amide bonds. The Morgan fingerprint density at radius 2 is 0.333 bits per heavy atom. The lowest BCUT2D eigenvalue weighted by Gasteiger charge is -2.19. The Labute approximate surface area is 270 Å². The zero-order chi connectivity index (χ0) is 31.8. The van der Waals surface area contributed by atoms with E-state index in [4.69, 9.17) is 0 Å². The lowest BCUT2D eigenvalue weighted by molar-refractivity contribution is 0.336. The fourth-order valence-electron chi connectivity index (χ4n) is 7.16. The first-order chi connectivity index (χ1) is 19.9. The first-order valence-electron chi connectivity index (χ1n) is 19.9. The van der Waals surface area contributed by atoms with Crippen LogP contribution in [0.15, 0.2) is 0 Å². The highest BCUT2D eigenvalue weighted by Gasteiger charge is 2.12. The molecule has 0 aromatic carbocycles. The number of rotatable bonds is 30. The van der Waals surface area contributed by atoms with Crippen LogP contribution in [0.2, 0.25) is 0 Å². The molecule has 0 aromatic rings. The van der Waals surface area contributed by atoms with Gasteiger partial charge >= 0.3 is 0 Å². The van der Waals surface area contributed by atoms with Gasteiger partial charge in [0, 0.05) is 0 Å². The van der Waals surface area contributed by atoms with Gasteiger partial charge in [-0.1, -0.05) is 217 Å². The minimum absolute atomic E-state index is 0.873. The normalized spacial score (nSPS) is 17.4.